The van der Waals surface area contributed by atoms with Gasteiger partial charge in [0.05, 0.1) is 0 Å². The van der Waals surface area contributed by atoms with Crippen LogP contribution in [-0.4, -0.2) is 48.6 Å². The van der Waals surface area contributed by atoms with Crippen LogP contribution >= 0.6 is 0 Å². The molecule has 0 radical (unpaired) electrons. The summed E-state index contributed by atoms with van der Waals surface area (Å²) in [6.07, 6.45) is -1.00. The fourth-order valence-electron chi connectivity index (χ4n) is 1.19. The topological polar surface area (TPSA) is 52.6 Å². The van der Waals surface area contributed by atoms with Gasteiger partial charge in [-0.3, -0.25) is 0 Å². The Balaban J connectivity index is 4.52. The normalized spacial score (nSPS) is 12.8. The maximum atomic E-state index is 11.7. The van der Waals surface area contributed by atoms with Crippen molar-refractivity contribution in [1.82, 2.24) is 0 Å². The lowest BCUT2D eigenvalue weighted by Gasteiger charge is -2.23. The van der Waals surface area contributed by atoms with Gasteiger partial charge in [-0.05, 0) is 27.7 Å². The first kappa shape index (κ1) is 15.9. The third-order valence-electron chi connectivity index (χ3n) is 1.74. The van der Waals surface area contributed by atoms with E-state index in [0.29, 0.717) is 6.61 Å². The van der Waals surface area contributed by atoms with Gasteiger partial charge in [0.1, 0.15) is 5.60 Å². The molecule has 1 unspecified atom stereocenters. The van der Waals surface area contributed by atoms with Crippen LogP contribution in [0.5, 0.6) is 0 Å². The number of ether oxygens (including phenoxy) is 2. The Kier molecular flexibility index (Phi) is 7.18. The monoisotopic (exact) mass is 240 g/mol. The van der Waals surface area contributed by atoms with E-state index in [9.17, 15) is 9.59 Å². The highest BCUT2D eigenvalue weighted by Crippen LogP contribution is 2.10. The number of rotatable bonds is 6. The van der Waals surface area contributed by atoms with Gasteiger partial charge >= 0.3 is 26.3 Å². The standard InChI is InChI=1S/C9H15O4.C2H5.Mg/c1-5-12-7(6-10)8(11)13-9(2,3)4;1-2;/h7H,5H2,1-4H3;1H2,2H3;. The highest BCUT2D eigenvalue weighted by molar-refractivity contribution is 6.75. The predicted octanol–water partition coefficient (Wildman–Crippen LogP) is 1.40. The highest BCUT2D eigenvalue weighted by Gasteiger charge is 2.30. The second-order valence-corrected chi connectivity index (χ2v) is 6.78. The lowest BCUT2D eigenvalue weighted by atomic mass is 10.2. The van der Waals surface area contributed by atoms with Crippen LogP contribution < -0.4 is 0 Å². The Morgan fingerprint density at radius 2 is 1.81 bits per heavy atom. The molecule has 0 bridgehead atoms. The first-order valence-electron chi connectivity index (χ1n) is 5.69. The molecule has 1 atom stereocenters. The van der Waals surface area contributed by atoms with Crippen molar-refractivity contribution in [3.63, 3.8) is 0 Å². The maximum absolute atomic E-state index is 11.7. The second-order valence-electron chi connectivity index (χ2n) is 4.59. The molecule has 0 aromatic carbocycles. The van der Waals surface area contributed by atoms with Crippen LogP contribution in [0.15, 0.2) is 0 Å². The van der Waals surface area contributed by atoms with Crippen molar-refractivity contribution < 1.29 is 19.1 Å². The molecule has 0 aromatic rings. The number of carbonyl (C=O) groups is 2. The molecule has 4 nitrogen and oxygen atoms in total. The van der Waals surface area contributed by atoms with E-state index in [1.807, 2.05) is 6.92 Å². The molecule has 0 fully saturated rings. The lowest BCUT2D eigenvalue weighted by Crippen LogP contribution is -2.40. The van der Waals surface area contributed by atoms with Crippen molar-refractivity contribution in [2.24, 2.45) is 0 Å². The largest absolute Gasteiger partial charge is 0.473 e. The zero-order valence-electron chi connectivity index (χ0n) is 10.8. The van der Waals surface area contributed by atoms with Crippen molar-refractivity contribution in [3.05, 3.63) is 0 Å². The molecule has 0 aliphatic carbocycles. The van der Waals surface area contributed by atoms with Crippen molar-refractivity contribution >= 4 is 30.2 Å². The van der Waals surface area contributed by atoms with E-state index in [-0.39, 0.29) is 3.91 Å². The molecular weight excluding hydrogens is 220 g/mol. The molecule has 0 aromatic heterocycles. The SMILES string of the molecule is CCOC(C(=O)OC(C)(C)C)[C](=O)[Mg][CH2]C. The van der Waals surface area contributed by atoms with E-state index in [1.54, 1.807) is 27.7 Å². The van der Waals surface area contributed by atoms with E-state index in [4.69, 9.17) is 9.47 Å². The lowest BCUT2D eigenvalue weighted by molar-refractivity contribution is -0.169. The zero-order chi connectivity index (χ0) is 12.8. The molecule has 0 N–H and O–H groups in total. The summed E-state index contributed by atoms with van der Waals surface area (Å²) in [6, 6.07) is 0. The van der Waals surface area contributed by atoms with Crippen molar-refractivity contribution in [2.75, 3.05) is 6.61 Å². The summed E-state index contributed by atoms with van der Waals surface area (Å²) >= 11 is -0.882. The maximum Gasteiger partial charge on any atom is 0.473 e. The molecule has 90 valence electrons. The number of hydrogen-bond donors (Lipinski definition) is 0. The predicted molar refractivity (Wildman–Crippen MR) is 62.5 cm³/mol. The summed E-state index contributed by atoms with van der Waals surface area (Å²) in [5, 5.41) is 0. The second kappa shape index (κ2) is 7.24. The first-order chi connectivity index (χ1) is 7.31. The van der Waals surface area contributed by atoms with Crippen LogP contribution in [0.2, 0.25) is 4.55 Å². The van der Waals surface area contributed by atoms with Gasteiger partial charge in [-0.15, -0.1) is 4.55 Å². The third-order valence-corrected chi connectivity index (χ3v) is 3.11. The van der Waals surface area contributed by atoms with Gasteiger partial charge in [0.2, 0.25) is 0 Å². The van der Waals surface area contributed by atoms with E-state index in [1.165, 1.54) is 0 Å². The van der Waals surface area contributed by atoms with Gasteiger partial charge in [0.15, 0.2) is 6.10 Å². The van der Waals surface area contributed by atoms with Crippen molar-refractivity contribution in [1.29, 1.82) is 0 Å². The molecule has 16 heavy (non-hydrogen) atoms. The van der Waals surface area contributed by atoms with E-state index < -0.39 is 38.0 Å². The molecule has 0 saturated carbocycles. The smallest absolute Gasteiger partial charge is 0.458 e. The summed E-state index contributed by atoms with van der Waals surface area (Å²) in [6.45, 7) is 9.37. The molecule has 0 rings (SSSR count). The third kappa shape index (κ3) is 6.45. The van der Waals surface area contributed by atoms with Crippen LogP contribution in [0, 0.1) is 0 Å². The van der Waals surface area contributed by atoms with E-state index in [0.717, 1.165) is 4.55 Å². The molecule has 0 amide bonds. The van der Waals surface area contributed by atoms with Gasteiger partial charge in [-0.2, -0.15) is 0 Å². The number of esters is 1. The van der Waals surface area contributed by atoms with Crippen LogP contribution in [0.3, 0.4) is 0 Å². The fraction of sp³-hybridized carbons (Fsp3) is 0.818. The molecule has 5 heteroatoms. The Hall–Kier alpha value is -0.134. The molecular formula is C11H20MgO4. The van der Waals surface area contributed by atoms with Crippen LogP contribution in [0.4, 0.5) is 0 Å². The number of carbonyl (C=O) groups excluding carboxylic acids is 2. The molecule has 0 aliphatic heterocycles. The van der Waals surface area contributed by atoms with Crippen LogP contribution in [0.25, 0.3) is 0 Å². The quantitative estimate of drug-likeness (QED) is 0.400. The van der Waals surface area contributed by atoms with Crippen molar-refractivity contribution in [2.45, 2.75) is 50.9 Å². The average Bonchev–Trinajstić information content (AvgIpc) is 2.11. The average molecular weight is 241 g/mol. The molecule has 0 saturated heterocycles. The minimum absolute atomic E-state index is 0.0707. The molecule has 0 heterocycles. The summed E-state index contributed by atoms with van der Waals surface area (Å²) in [5.41, 5.74) is -0.583. The molecule has 0 aliphatic rings. The Bertz CT molecular complexity index is 245. The number of hydrogen-bond acceptors (Lipinski definition) is 4. The van der Waals surface area contributed by atoms with E-state index >= 15 is 0 Å². The Morgan fingerprint density at radius 1 is 1.25 bits per heavy atom. The van der Waals surface area contributed by atoms with Gasteiger partial charge in [0, 0.05) is 10.5 Å². The first-order valence-corrected chi connectivity index (χ1v) is 7.39. The van der Waals surface area contributed by atoms with Crippen molar-refractivity contribution in [3.8, 4) is 0 Å². The Labute approximate surface area is 107 Å². The van der Waals surface area contributed by atoms with Gasteiger partial charge < -0.3 is 14.3 Å². The summed E-state index contributed by atoms with van der Waals surface area (Å²) in [4.78, 5) is 23.4. The summed E-state index contributed by atoms with van der Waals surface area (Å²) < 4.78 is 11.1. The van der Waals surface area contributed by atoms with Gasteiger partial charge in [0.25, 0.3) is 0 Å². The fourth-order valence-corrected chi connectivity index (χ4v) is 2.23. The summed E-state index contributed by atoms with van der Waals surface area (Å²) in [5.74, 6) is -0.555. The van der Waals surface area contributed by atoms with E-state index in [2.05, 4.69) is 0 Å². The summed E-state index contributed by atoms with van der Waals surface area (Å²) in [7, 11) is 0. The van der Waals surface area contributed by atoms with Gasteiger partial charge in [-0.25, -0.2) is 4.79 Å². The minimum Gasteiger partial charge on any atom is -0.458 e. The highest BCUT2D eigenvalue weighted by atomic mass is 24.5. The van der Waals surface area contributed by atoms with Gasteiger partial charge in [-0.1, -0.05) is 6.92 Å². The van der Waals surface area contributed by atoms with Crippen LogP contribution in [-0.2, 0) is 19.1 Å². The Morgan fingerprint density at radius 3 is 2.19 bits per heavy atom. The minimum atomic E-state index is -1.00. The zero-order valence-corrected chi connectivity index (χ0v) is 12.2. The van der Waals surface area contributed by atoms with Crippen LogP contribution in [0.1, 0.15) is 34.6 Å². The molecule has 0 spiro atoms.